The van der Waals surface area contributed by atoms with E-state index in [9.17, 15) is 17.6 Å². The zero-order valence-corrected chi connectivity index (χ0v) is 22.0. The van der Waals surface area contributed by atoms with Gasteiger partial charge in [0.2, 0.25) is 0 Å². The van der Waals surface area contributed by atoms with Crippen LogP contribution in [0.15, 0.2) is 60.0 Å². The van der Waals surface area contributed by atoms with E-state index in [4.69, 9.17) is 4.74 Å². The lowest BCUT2D eigenvalue weighted by molar-refractivity contribution is -0.137. The van der Waals surface area contributed by atoms with Gasteiger partial charge in [0.05, 0.1) is 17.5 Å². The fourth-order valence-corrected chi connectivity index (χ4v) is 4.89. The minimum Gasteiger partial charge on any atom is -0.489 e. The minimum absolute atomic E-state index is 0.115. The highest BCUT2D eigenvalue weighted by molar-refractivity contribution is 5.68. The molecule has 0 bridgehead atoms. The molecule has 12 heteroatoms. The van der Waals surface area contributed by atoms with Crippen LogP contribution in [0.25, 0.3) is 16.8 Å². The van der Waals surface area contributed by atoms with E-state index < -0.39 is 17.6 Å². The van der Waals surface area contributed by atoms with Crippen molar-refractivity contribution in [2.45, 2.75) is 57.7 Å². The van der Waals surface area contributed by atoms with Crippen LogP contribution in [0.4, 0.5) is 17.6 Å². The highest BCUT2D eigenvalue weighted by atomic mass is 19.4. The summed E-state index contributed by atoms with van der Waals surface area (Å²) in [6, 6.07) is 9.79. The van der Waals surface area contributed by atoms with E-state index in [0.29, 0.717) is 17.7 Å². The van der Waals surface area contributed by atoms with Crippen molar-refractivity contribution in [2.24, 2.45) is 16.8 Å². The molecule has 40 heavy (non-hydrogen) atoms. The molecule has 1 aliphatic rings. The number of nitrogens with one attached hydrogen (secondary N) is 1. The molecule has 0 unspecified atom stereocenters. The van der Waals surface area contributed by atoms with Crippen LogP contribution in [-0.2, 0) is 12.8 Å². The summed E-state index contributed by atoms with van der Waals surface area (Å²) in [5.74, 6) is 9.16. The maximum atomic E-state index is 13.7. The highest BCUT2D eigenvalue weighted by Crippen LogP contribution is 2.38. The fourth-order valence-electron chi connectivity index (χ4n) is 4.89. The van der Waals surface area contributed by atoms with Crippen molar-refractivity contribution in [3.8, 4) is 16.9 Å². The summed E-state index contributed by atoms with van der Waals surface area (Å²) >= 11 is 0. The molecule has 4 aromatic rings. The standard InChI is InChI=1S/C27H25F4N3O.CH6N4/c1-17-14-33-34-25(20-5-3-2-4-6-20)24(15-32-26(17)34)19-7-9-23(10-8-19)35-16-18-11-21(27(29,30)31)13-22(28)12-18;2-4-1-5-3/h7-15,20H,2-6,16H2,1H3;1H,2-3H2,(H,4,5). The molecule has 0 atom stereocenters. The fraction of sp³-hybridized carbons (Fsp3) is 0.321. The summed E-state index contributed by atoms with van der Waals surface area (Å²) in [5.41, 5.74) is 6.22. The SMILES string of the molecule is Cc1cnn2c(C3CCCCC3)c(-c3ccc(OCc4cc(F)cc(C(F)(F)F)c4)cc3)cnc12.N/N=C\NN. The maximum Gasteiger partial charge on any atom is 0.416 e. The number of nitrogens with zero attached hydrogens (tertiary/aromatic N) is 4. The van der Waals surface area contributed by atoms with Gasteiger partial charge in [0, 0.05) is 23.2 Å². The molecule has 2 aromatic carbocycles. The minimum atomic E-state index is -4.61. The molecular weight excluding hydrogens is 526 g/mol. The van der Waals surface area contributed by atoms with E-state index in [0.717, 1.165) is 53.0 Å². The number of aromatic nitrogens is 3. The largest absolute Gasteiger partial charge is 0.489 e. The van der Waals surface area contributed by atoms with Crippen LogP contribution >= 0.6 is 0 Å². The number of hydrazone groups is 1. The van der Waals surface area contributed by atoms with Crippen molar-refractivity contribution >= 4 is 12.0 Å². The Morgan fingerprint density at radius 3 is 2.45 bits per heavy atom. The quantitative estimate of drug-likeness (QED) is 0.0902. The first-order valence-corrected chi connectivity index (χ1v) is 12.8. The smallest absolute Gasteiger partial charge is 0.416 e. The van der Waals surface area contributed by atoms with Crippen LogP contribution in [0.3, 0.4) is 0 Å². The van der Waals surface area contributed by atoms with Crippen molar-refractivity contribution < 1.29 is 22.3 Å². The molecule has 0 spiro atoms. The predicted molar refractivity (Wildman–Crippen MR) is 145 cm³/mol. The monoisotopic (exact) mass is 557 g/mol. The van der Waals surface area contributed by atoms with Gasteiger partial charge in [-0.15, -0.1) is 0 Å². The molecule has 0 saturated heterocycles. The van der Waals surface area contributed by atoms with Gasteiger partial charge in [-0.05, 0) is 61.2 Å². The number of hydrogen-bond donors (Lipinski definition) is 3. The number of ether oxygens (including phenoxy) is 1. The van der Waals surface area contributed by atoms with Gasteiger partial charge in [-0.1, -0.05) is 31.4 Å². The molecule has 212 valence electrons. The summed E-state index contributed by atoms with van der Waals surface area (Å²) in [5, 5.41) is 7.60. The van der Waals surface area contributed by atoms with Gasteiger partial charge in [-0.25, -0.2) is 19.7 Å². The van der Waals surface area contributed by atoms with E-state index in [1.807, 2.05) is 36.0 Å². The van der Waals surface area contributed by atoms with Gasteiger partial charge >= 0.3 is 6.18 Å². The molecule has 8 nitrogen and oxygen atoms in total. The molecule has 1 fully saturated rings. The number of hydrogen-bond acceptors (Lipinski definition) is 6. The first-order chi connectivity index (χ1) is 19.2. The van der Waals surface area contributed by atoms with E-state index in [2.05, 4.69) is 32.3 Å². The number of alkyl halides is 3. The summed E-state index contributed by atoms with van der Waals surface area (Å²) in [6.45, 7) is 1.83. The Bertz CT molecular complexity index is 1450. The number of rotatable bonds is 6. The Morgan fingerprint density at radius 1 is 1.10 bits per heavy atom. The van der Waals surface area contributed by atoms with E-state index >= 15 is 0 Å². The number of benzene rings is 2. The summed E-state index contributed by atoms with van der Waals surface area (Å²) < 4.78 is 60.2. The first-order valence-electron chi connectivity index (χ1n) is 12.8. The second kappa shape index (κ2) is 12.8. The molecule has 0 amide bonds. The normalized spacial score (nSPS) is 14.2. The van der Waals surface area contributed by atoms with Crippen LogP contribution in [0.5, 0.6) is 5.75 Å². The Kier molecular flexibility index (Phi) is 9.20. The van der Waals surface area contributed by atoms with Crippen LogP contribution in [0.2, 0.25) is 0 Å². The van der Waals surface area contributed by atoms with E-state index in [1.165, 1.54) is 25.6 Å². The third-order valence-corrected chi connectivity index (χ3v) is 6.74. The molecule has 5 N–H and O–H groups in total. The van der Waals surface area contributed by atoms with Crippen molar-refractivity contribution in [1.82, 2.24) is 20.0 Å². The number of nitrogens with two attached hydrogens (primary N) is 2. The number of aryl methyl sites for hydroxylation is 1. The van der Waals surface area contributed by atoms with Crippen LogP contribution in [-0.4, -0.2) is 20.9 Å². The summed E-state index contributed by atoms with van der Waals surface area (Å²) in [6.07, 6.45) is 6.16. The highest BCUT2D eigenvalue weighted by Gasteiger charge is 2.31. The zero-order chi connectivity index (χ0) is 28.7. The van der Waals surface area contributed by atoms with Crippen molar-refractivity contribution in [3.05, 3.63) is 83.1 Å². The molecule has 0 radical (unpaired) electrons. The van der Waals surface area contributed by atoms with Gasteiger partial charge in [0.25, 0.3) is 0 Å². The average molecular weight is 558 g/mol. The van der Waals surface area contributed by atoms with Crippen molar-refractivity contribution in [3.63, 3.8) is 0 Å². The molecule has 5 rings (SSSR count). The molecule has 2 aromatic heterocycles. The third-order valence-electron chi connectivity index (χ3n) is 6.74. The molecule has 1 aliphatic carbocycles. The van der Waals surface area contributed by atoms with Gasteiger partial charge in [0.1, 0.15) is 24.5 Å². The van der Waals surface area contributed by atoms with Crippen molar-refractivity contribution in [1.29, 1.82) is 0 Å². The second-order valence-corrected chi connectivity index (χ2v) is 9.56. The van der Waals surface area contributed by atoms with Gasteiger partial charge in [0.15, 0.2) is 5.65 Å². The number of hydrazine groups is 1. The lowest BCUT2D eigenvalue weighted by Gasteiger charge is -2.25. The zero-order valence-electron chi connectivity index (χ0n) is 22.0. The molecule has 2 heterocycles. The lowest BCUT2D eigenvalue weighted by atomic mass is 9.84. The summed E-state index contributed by atoms with van der Waals surface area (Å²) in [7, 11) is 0. The van der Waals surface area contributed by atoms with Gasteiger partial charge in [-0.3, -0.25) is 0 Å². The lowest BCUT2D eigenvalue weighted by Crippen LogP contribution is -2.19. The molecular formula is C28H31F4N7O. The topological polar surface area (TPSA) is 116 Å². The average Bonchev–Trinajstić information content (AvgIpc) is 3.33. The Morgan fingerprint density at radius 2 is 1.82 bits per heavy atom. The van der Waals surface area contributed by atoms with Crippen LogP contribution < -0.4 is 21.8 Å². The molecule has 1 saturated carbocycles. The van der Waals surface area contributed by atoms with Gasteiger partial charge in [-0.2, -0.15) is 23.4 Å². The van der Waals surface area contributed by atoms with Crippen LogP contribution in [0.1, 0.15) is 60.4 Å². The Labute approximate surface area is 229 Å². The van der Waals surface area contributed by atoms with Crippen molar-refractivity contribution in [2.75, 3.05) is 0 Å². The Balaban J connectivity index is 0.000000681. The van der Waals surface area contributed by atoms with E-state index in [-0.39, 0.29) is 12.2 Å². The van der Waals surface area contributed by atoms with Gasteiger partial charge < -0.3 is 16.0 Å². The summed E-state index contributed by atoms with van der Waals surface area (Å²) in [4.78, 5) is 4.65. The number of fused-ring (bicyclic) bond motifs is 1. The predicted octanol–water partition coefficient (Wildman–Crippen LogP) is 5.84. The van der Waals surface area contributed by atoms with Crippen LogP contribution in [0, 0.1) is 12.7 Å². The molecule has 0 aliphatic heterocycles. The first kappa shape index (κ1) is 28.8. The second-order valence-electron chi connectivity index (χ2n) is 9.56. The number of halogens is 4. The maximum absolute atomic E-state index is 13.7. The van der Waals surface area contributed by atoms with E-state index in [1.54, 1.807) is 12.1 Å². The third kappa shape index (κ3) is 6.87. The Hall–Kier alpha value is -4.19.